The van der Waals surface area contributed by atoms with Gasteiger partial charge in [-0.1, -0.05) is 19.1 Å². The number of benzene rings is 1. The van der Waals surface area contributed by atoms with E-state index in [-0.39, 0.29) is 18.3 Å². The number of carboxylic acid groups (broad SMARTS) is 1. The molecule has 1 atom stereocenters. The van der Waals surface area contributed by atoms with Gasteiger partial charge in [0.15, 0.2) is 5.03 Å². The van der Waals surface area contributed by atoms with Gasteiger partial charge in [-0.3, -0.25) is 14.4 Å². The minimum absolute atomic E-state index is 0.146. The summed E-state index contributed by atoms with van der Waals surface area (Å²) >= 11 is 0. The zero-order chi connectivity index (χ0) is 21.8. The van der Waals surface area contributed by atoms with Gasteiger partial charge in [-0.15, -0.1) is 0 Å². The van der Waals surface area contributed by atoms with Crippen LogP contribution in [0.3, 0.4) is 0 Å². The number of aliphatic carboxylic acids is 1. The molecule has 158 valence electrons. The molecule has 0 fully saturated rings. The maximum Gasteiger partial charge on any atom is 0.417 e. The third-order valence-electron chi connectivity index (χ3n) is 4.19. The summed E-state index contributed by atoms with van der Waals surface area (Å²) in [5.41, 5.74) is -0.0464. The molecule has 1 aromatic carbocycles. The number of sulfonamides is 1. The first kappa shape index (κ1) is 22.6. The Bertz CT molecular complexity index is 946. The van der Waals surface area contributed by atoms with E-state index in [1.165, 1.54) is 12.1 Å². The molecule has 0 aliphatic heterocycles. The fourth-order valence-electron chi connectivity index (χ4n) is 2.81. The third-order valence-corrected chi connectivity index (χ3v) is 5.49. The Kier molecular flexibility index (Phi) is 6.85. The van der Waals surface area contributed by atoms with Gasteiger partial charge in [-0.2, -0.15) is 21.6 Å². The number of carboxylic acids is 1. The summed E-state index contributed by atoms with van der Waals surface area (Å²) in [5.74, 6) is -0.959. The predicted octanol–water partition coefficient (Wildman–Crippen LogP) is 3.37. The van der Waals surface area contributed by atoms with Gasteiger partial charge in [0.25, 0.3) is 10.0 Å². The number of aromatic nitrogens is 1. The number of nitrogens with one attached hydrogen (secondary N) is 1. The van der Waals surface area contributed by atoms with Crippen LogP contribution in [-0.2, 0) is 21.0 Å². The number of pyridine rings is 1. The highest BCUT2D eigenvalue weighted by Gasteiger charge is 2.31. The predicted molar refractivity (Wildman–Crippen MR) is 99.8 cm³/mol. The number of carbonyl (C=O) groups is 1. The number of halogens is 3. The summed E-state index contributed by atoms with van der Waals surface area (Å²) in [6, 6.07) is 7.56. The number of hydrogen-bond acceptors (Lipinski definition) is 5. The van der Waals surface area contributed by atoms with Gasteiger partial charge >= 0.3 is 12.1 Å². The van der Waals surface area contributed by atoms with Crippen LogP contribution in [0.15, 0.2) is 47.6 Å². The highest BCUT2D eigenvalue weighted by molar-refractivity contribution is 7.92. The number of hydrogen-bond donors (Lipinski definition) is 2. The minimum atomic E-state index is -4.61. The molecule has 0 amide bonds. The summed E-state index contributed by atoms with van der Waals surface area (Å²) in [5, 5.41) is 8.39. The van der Waals surface area contributed by atoms with Crippen molar-refractivity contribution in [1.29, 1.82) is 0 Å². The van der Waals surface area contributed by atoms with E-state index < -0.39 is 32.8 Å². The van der Waals surface area contributed by atoms with Crippen LogP contribution in [0.4, 0.5) is 18.9 Å². The molecule has 0 saturated carbocycles. The van der Waals surface area contributed by atoms with Gasteiger partial charge in [-0.05, 0) is 43.3 Å². The Morgan fingerprint density at radius 2 is 1.83 bits per heavy atom. The summed E-state index contributed by atoms with van der Waals surface area (Å²) < 4.78 is 64.7. The molecular weight excluding hydrogens is 411 g/mol. The molecule has 0 unspecified atom stereocenters. The average molecular weight is 431 g/mol. The lowest BCUT2D eigenvalue weighted by molar-refractivity contribution is -0.139. The second kappa shape index (κ2) is 8.78. The van der Waals surface area contributed by atoms with Crippen LogP contribution in [0.5, 0.6) is 0 Å². The van der Waals surface area contributed by atoms with Crippen molar-refractivity contribution in [2.45, 2.75) is 30.6 Å². The number of nitrogens with zero attached hydrogens (tertiary/aromatic N) is 2. The van der Waals surface area contributed by atoms with Crippen molar-refractivity contribution in [2.24, 2.45) is 0 Å². The fraction of sp³-hybridized carbons (Fsp3) is 0.333. The van der Waals surface area contributed by atoms with Crippen molar-refractivity contribution in [1.82, 2.24) is 9.88 Å². The van der Waals surface area contributed by atoms with Crippen LogP contribution in [0, 0.1) is 0 Å². The van der Waals surface area contributed by atoms with Gasteiger partial charge in [0, 0.05) is 17.9 Å². The van der Waals surface area contributed by atoms with Gasteiger partial charge in [0.05, 0.1) is 12.1 Å². The molecular formula is C18H20F3N3O4S. The molecule has 2 rings (SSSR count). The largest absolute Gasteiger partial charge is 0.480 e. The minimum Gasteiger partial charge on any atom is -0.480 e. The molecule has 0 spiro atoms. The Labute approximate surface area is 166 Å². The number of likely N-dealkylation sites (N-methyl/N-ethyl adjacent to an activating group) is 1. The van der Waals surface area contributed by atoms with E-state index in [1.807, 2.05) is 6.92 Å². The standard InChI is InChI=1S/C18H20F3N3O4S/c1-3-15(24(2)11-17(25)26)12-4-7-14(8-5-12)23-29(27,28)16-9-6-13(10-22-16)18(19,20)21/h4-10,15,23H,3,11H2,1-2H3,(H,25,26)/t15-/m1/s1. The van der Waals surface area contributed by atoms with Crippen LogP contribution in [-0.4, -0.2) is 43.0 Å². The molecule has 7 nitrogen and oxygen atoms in total. The van der Waals surface area contributed by atoms with E-state index in [2.05, 4.69) is 9.71 Å². The molecule has 0 aliphatic carbocycles. The highest BCUT2D eigenvalue weighted by Crippen LogP contribution is 2.29. The number of rotatable bonds is 8. The smallest absolute Gasteiger partial charge is 0.417 e. The Balaban J connectivity index is 2.16. The SMILES string of the molecule is CC[C@H](c1ccc(NS(=O)(=O)c2ccc(C(F)(F)F)cn2)cc1)N(C)CC(=O)O. The van der Waals surface area contributed by atoms with Crippen LogP contribution in [0.25, 0.3) is 0 Å². The van der Waals surface area contributed by atoms with E-state index >= 15 is 0 Å². The van der Waals surface area contributed by atoms with Gasteiger partial charge in [0.2, 0.25) is 0 Å². The molecule has 1 aromatic heterocycles. The van der Waals surface area contributed by atoms with Crippen molar-refractivity contribution in [3.05, 3.63) is 53.7 Å². The first-order valence-corrected chi connectivity index (χ1v) is 10.0. The fourth-order valence-corrected chi connectivity index (χ4v) is 3.80. The molecule has 0 aliphatic rings. The normalized spacial score (nSPS) is 13.3. The quantitative estimate of drug-likeness (QED) is 0.665. The Morgan fingerprint density at radius 1 is 1.21 bits per heavy atom. The lowest BCUT2D eigenvalue weighted by atomic mass is 10.0. The Morgan fingerprint density at radius 3 is 2.28 bits per heavy atom. The summed E-state index contributed by atoms with van der Waals surface area (Å²) in [6.07, 6.45) is -3.51. The van der Waals surface area contributed by atoms with E-state index in [4.69, 9.17) is 5.11 Å². The second-order valence-electron chi connectivity index (χ2n) is 6.34. The Hall–Kier alpha value is -2.66. The molecule has 11 heteroatoms. The van der Waals surface area contributed by atoms with E-state index in [9.17, 15) is 26.4 Å². The maximum absolute atomic E-state index is 12.6. The molecule has 0 bridgehead atoms. The van der Waals surface area contributed by atoms with Crippen LogP contribution in [0.2, 0.25) is 0 Å². The zero-order valence-corrected chi connectivity index (χ0v) is 16.5. The van der Waals surface area contributed by atoms with Crippen molar-refractivity contribution in [2.75, 3.05) is 18.3 Å². The van der Waals surface area contributed by atoms with Crippen LogP contribution in [0.1, 0.15) is 30.5 Å². The van der Waals surface area contributed by atoms with Gasteiger partial charge < -0.3 is 5.11 Å². The summed E-state index contributed by atoms with van der Waals surface area (Å²) in [6.45, 7) is 1.75. The zero-order valence-electron chi connectivity index (χ0n) is 15.6. The average Bonchev–Trinajstić information content (AvgIpc) is 2.62. The molecule has 1 heterocycles. The maximum atomic E-state index is 12.6. The third kappa shape index (κ3) is 5.91. The highest BCUT2D eigenvalue weighted by atomic mass is 32.2. The van der Waals surface area contributed by atoms with Crippen molar-refractivity contribution in [3.63, 3.8) is 0 Å². The molecule has 0 saturated heterocycles. The lowest BCUT2D eigenvalue weighted by Gasteiger charge is -2.26. The van der Waals surface area contributed by atoms with Crippen molar-refractivity contribution < 1.29 is 31.5 Å². The van der Waals surface area contributed by atoms with Crippen molar-refractivity contribution >= 4 is 21.7 Å². The first-order chi connectivity index (χ1) is 13.4. The molecule has 2 N–H and O–H groups in total. The van der Waals surface area contributed by atoms with Gasteiger partial charge in [0.1, 0.15) is 0 Å². The molecule has 29 heavy (non-hydrogen) atoms. The lowest BCUT2D eigenvalue weighted by Crippen LogP contribution is -2.29. The van der Waals surface area contributed by atoms with Crippen LogP contribution >= 0.6 is 0 Å². The van der Waals surface area contributed by atoms with Crippen molar-refractivity contribution in [3.8, 4) is 0 Å². The van der Waals surface area contributed by atoms with E-state index in [1.54, 1.807) is 24.1 Å². The van der Waals surface area contributed by atoms with E-state index in [0.29, 0.717) is 18.7 Å². The van der Waals surface area contributed by atoms with Crippen LogP contribution < -0.4 is 4.72 Å². The monoisotopic (exact) mass is 431 g/mol. The topological polar surface area (TPSA) is 99.6 Å². The van der Waals surface area contributed by atoms with E-state index in [0.717, 1.165) is 11.6 Å². The first-order valence-electron chi connectivity index (χ1n) is 8.52. The second-order valence-corrected chi connectivity index (χ2v) is 7.97. The summed E-state index contributed by atoms with van der Waals surface area (Å²) in [7, 11) is -2.49. The molecule has 0 radical (unpaired) electrons. The number of alkyl halides is 3. The summed E-state index contributed by atoms with van der Waals surface area (Å²) in [4.78, 5) is 15.9. The number of anilines is 1. The van der Waals surface area contributed by atoms with Gasteiger partial charge in [-0.25, -0.2) is 4.98 Å². The molecule has 2 aromatic rings.